The first kappa shape index (κ1) is 21.9. The highest BCUT2D eigenvalue weighted by atomic mass is 19.1. The number of amides is 1. The maximum Gasteiger partial charge on any atom is 0.256 e. The monoisotopic (exact) mass is 447 g/mol. The zero-order chi connectivity index (χ0) is 23.6. The Kier molecular flexibility index (Phi) is 5.78. The van der Waals surface area contributed by atoms with Crippen LogP contribution in [-0.4, -0.2) is 28.0 Å². The zero-order valence-electron chi connectivity index (χ0n) is 18.3. The van der Waals surface area contributed by atoms with Crippen molar-refractivity contribution >= 4 is 28.3 Å². The molecule has 0 fully saturated rings. The SMILES string of the molecule is COc1cc2ncnc(Oc3ccc(C(=O)Nc4cc(C(C)(C)F)ccn4)cc3)c2cc1N. The number of aromatic nitrogens is 3. The summed E-state index contributed by atoms with van der Waals surface area (Å²) < 4.78 is 25.3. The summed E-state index contributed by atoms with van der Waals surface area (Å²) in [5, 5.41) is 3.30. The quantitative estimate of drug-likeness (QED) is 0.406. The maximum absolute atomic E-state index is 14.2. The second-order valence-corrected chi connectivity index (χ2v) is 7.77. The third kappa shape index (κ3) is 4.82. The summed E-state index contributed by atoms with van der Waals surface area (Å²) in [4.78, 5) is 25.1. The van der Waals surface area contributed by atoms with E-state index in [0.717, 1.165) is 0 Å². The number of rotatable bonds is 6. The Morgan fingerprint density at radius 3 is 2.52 bits per heavy atom. The molecular formula is C24H22FN5O3. The fraction of sp³-hybridized carbons (Fsp3) is 0.167. The van der Waals surface area contributed by atoms with Gasteiger partial charge in [-0.1, -0.05) is 0 Å². The fourth-order valence-electron chi connectivity index (χ4n) is 3.18. The van der Waals surface area contributed by atoms with E-state index in [4.69, 9.17) is 15.2 Å². The number of nitrogens with one attached hydrogen (secondary N) is 1. The Bertz CT molecular complexity index is 1320. The lowest BCUT2D eigenvalue weighted by Crippen LogP contribution is -2.15. The molecule has 3 N–H and O–H groups in total. The number of pyridine rings is 1. The third-order valence-corrected chi connectivity index (χ3v) is 4.97. The average Bonchev–Trinajstić information content (AvgIpc) is 2.79. The van der Waals surface area contributed by atoms with Gasteiger partial charge in [0, 0.05) is 17.8 Å². The van der Waals surface area contributed by atoms with Crippen molar-refractivity contribution in [2.75, 3.05) is 18.2 Å². The number of benzene rings is 2. The van der Waals surface area contributed by atoms with E-state index in [1.165, 1.54) is 39.5 Å². The van der Waals surface area contributed by atoms with Gasteiger partial charge in [-0.2, -0.15) is 0 Å². The van der Waals surface area contributed by atoms with Crippen molar-refractivity contribution in [2.24, 2.45) is 0 Å². The fourth-order valence-corrected chi connectivity index (χ4v) is 3.18. The van der Waals surface area contributed by atoms with E-state index in [9.17, 15) is 9.18 Å². The van der Waals surface area contributed by atoms with Gasteiger partial charge in [-0.15, -0.1) is 0 Å². The highest BCUT2D eigenvalue weighted by molar-refractivity contribution is 6.03. The molecule has 0 bridgehead atoms. The number of anilines is 2. The van der Waals surface area contributed by atoms with E-state index in [0.29, 0.717) is 45.1 Å². The van der Waals surface area contributed by atoms with Crippen LogP contribution in [0.25, 0.3) is 10.9 Å². The van der Waals surface area contributed by atoms with Crippen LogP contribution in [0.1, 0.15) is 29.8 Å². The Balaban J connectivity index is 1.51. The first-order valence-corrected chi connectivity index (χ1v) is 10.1. The number of nitrogens with zero attached hydrogens (tertiary/aromatic N) is 3. The Hall–Kier alpha value is -4.27. The lowest BCUT2D eigenvalue weighted by molar-refractivity contribution is 0.102. The van der Waals surface area contributed by atoms with Crippen molar-refractivity contribution in [3.63, 3.8) is 0 Å². The van der Waals surface area contributed by atoms with Crippen LogP contribution in [0.3, 0.4) is 0 Å². The molecule has 0 aliphatic rings. The van der Waals surface area contributed by atoms with Crippen LogP contribution in [0.15, 0.2) is 61.1 Å². The first-order chi connectivity index (χ1) is 15.7. The lowest BCUT2D eigenvalue weighted by Gasteiger charge is -2.15. The van der Waals surface area contributed by atoms with Gasteiger partial charge in [-0.25, -0.2) is 19.3 Å². The number of methoxy groups -OCH3 is 1. The molecule has 4 aromatic rings. The number of carbonyl (C=O) groups excluding carboxylic acids is 1. The Labute approximate surface area is 189 Å². The molecule has 2 heterocycles. The van der Waals surface area contributed by atoms with Crippen LogP contribution in [0.4, 0.5) is 15.9 Å². The summed E-state index contributed by atoms with van der Waals surface area (Å²) >= 11 is 0. The van der Waals surface area contributed by atoms with Crippen LogP contribution in [-0.2, 0) is 5.67 Å². The molecule has 2 aromatic carbocycles. The molecule has 0 saturated carbocycles. The van der Waals surface area contributed by atoms with Gasteiger partial charge in [-0.3, -0.25) is 4.79 Å². The number of carbonyl (C=O) groups is 1. The molecule has 4 rings (SSSR count). The standard InChI is InChI=1S/C24H22FN5O3/c1-24(2,25)15-8-9-27-21(10-15)30-22(31)14-4-6-16(7-5-14)33-23-17-11-18(26)20(32-3)12-19(17)28-13-29-23/h4-13H,26H2,1-3H3,(H,27,30,31). The molecule has 0 saturated heterocycles. The number of fused-ring (bicyclic) bond motifs is 1. The Morgan fingerprint density at radius 2 is 1.82 bits per heavy atom. The van der Waals surface area contributed by atoms with Gasteiger partial charge in [0.1, 0.15) is 29.3 Å². The summed E-state index contributed by atoms with van der Waals surface area (Å²) in [6.45, 7) is 2.89. The smallest absolute Gasteiger partial charge is 0.256 e. The van der Waals surface area contributed by atoms with Gasteiger partial charge in [-0.05, 0) is 61.9 Å². The summed E-state index contributed by atoms with van der Waals surface area (Å²) in [5.74, 6) is 1.19. The first-order valence-electron chi connectivity index (χ1n) is 10.1. The van der Waals surface area contributed by atoms with Gasteiger partial charge in [0.05, 0.1) is 23.7 Å². The topological polar surface area (TPSA) is 112 Å². The second kappa shape index (κ2) is 8.70. The van der Waals surface area contributed by atoms with Gasteiger partial charge >= 0.3 is 0 Å². The molecule has 0 unspecified atom stereocenters. The molecular weight excluding hydrogens is 425 g/mol. The molecule has 1 amide bonds. The van der Waals surface area contributed by atoms with Gasteiger partial charge < -0.3 is 20.5 Å². The van der Waals surface area contributed by atoms with Crippen molar-refractivity contribution in [2.45, 2.75) is 19.5 Å². The summed E-state index contributed by atoms with van der Waals surface area (Å²) in [5.41, 5.74) is 6.33. The molecule has 0 spiro atoms. The molecule has 8 nitrogen and oxygen atoms in total. The number of nitrogens with two attached hydrogens (primary N) is 1. The molecule has 0 aliphatic carbocycles. The minimum Gasteiger partial charge on any atom is -0.495 e. The van der Waals surface area contributed by atoms with Crippen molar-refractivity contribution in [1.29, 1.82) is 0 Å². The molecule has 0 atom stereocenters. The summed E-state index contributed by atoms with van der Waals surface area (Å²) in [7, 11) is 1.53. The summed E-state index contributed by atoms with van der Waals surface area (Å²) in [6, 6.07) is 13.0. The molecule has 0 aliphatic heterocycles. The summed E-state index contributed by atoms with van der Waals surface area (Å²) in [6.07, 6.45) is 2.84. The van der Waals surface area contributed by atoms with Crippen LogP contribution in [0.5, 0.6) is 17.4 Å². The van der Waals surface area contributed by atoms with Gasteiger partial charge in [0.2, 0.25) is 5.88 Å². The van der Waals surface area contributed by atoms with Crippen molar-refractivity contribution in [3.8, 4) is 17.4 Å². The third-order valence-electron chi connectivity index (χ3n) is 4.97. The predicted molar refractivity (Wildman–Crippen MR) is 123 cm³/mol. The van der Waals surface area contributed by atoms with E-state index in [2.05, 4.69) is 20.3 Å². The maximum atomic E-state index is 14.2. The highest BCUT2D eigenvalue weighted by Crippen LogP contribution is 2.33. The van der Waals surface area contributed by atoms with Gasteiger partial charge in [0.15, 0.2) is 0 Å². The van der Waals surface area contributed by atoms with Crippen LogP contribution >= 0.6 is 0 Å². The number of nitrogen functional groups attached to an aromatic ring is 1. The van der Waals surface area contributed by atoms with E-state index in [1.54, 1.807) is 42.5 Å². The van der Waals surface area contributed by atoms with Crippen LogP contribution < -0.4 is 20.5 Å². The number of ether oxygens (including phenoxy) is 2. The van der Waals surface area contributed by atoms with Crippen LogP contribution in [0, 0.1) is 0 Å². The lowest BCUT2D eigenvalue weighted by atomic mass is 10.0. The largest absolute Gasteiger partial charge is 0.495 e. The minimum absolute atomic E-state index is 0.268. The molecule has 2 aromatic heterocycles. The van der Waals surface area contributed by atoms with E-state index >= 15 is 0 Å². The molecule has 168 valence electrons. The predicted octanol–water partition coefficient (Wildman–Crippen LogP) is 4.86. The number of hydrogen-bond donors (Lipinski definition) is 2. The van der Waals surface area contributed by atoms with E-state index in [-0.39, 0.29) is 11.7 Å². The normalized spacial score (nSPS) is 11.3. The number of alkyl halides is 1. The average molecular weight is 447 g/mol. The van der Waals surface area contributed by atoms with Crippen molar-refractivity contribution in [3.05, 3.63) is 72.2 Å². The van der Waals surface area contributed by atoms with E-state index in [1.807, 2.05) is 0 Å². The van der Waals surface area contributed by atoms with Crippen molar-refractivity contribution < 1.29 is 18.7 Å². The van der Waals surface area contributed by atoms with Crippen LogP contribution in [0.2, 0.25) is 0 Å². The van der Waals surface area contributed by atoms with Gasteiger partial charge in [0.25, 0.3) is 5.91 Å². The zero-order valence-corrected chi connectivity index (χ0v) is 18.3. The molecule has 33 heavy (non-hydrogen) atoms. The second-order valence-electron chi connectivity index (χ2n) is 7.77. The van der Waals surface area contributed by atoms with E-state index < -0.39 is 5.67 Å². The van der Waals surface area contributed by atoms with Crippen molar-refractivity contribution in [1.82, 2.24) is 15.0 Å². The minimum atomic E-state index is -1.54. The molecule has 9 heteroatoms. The number of hydrogen-bond acceptors (Lipinski definition) is 7. The Morgan fingerprint density at radius 1 is 1.06 bits per heavy atom. The molecule has 0 radical (unpaired) electrons. The number of halogens is 1. The highest BCUT2D eigenvalue weighted by Gasteiger charge is 2.19.